The summed E-state index contributed by atoms with van der Waals surface area (Å²) in [5, 5.41) is 0. The summed E-state index contributed by atoms with van der Waals surface area (Å²) in [7, 11) is 3.07. The van der Waals surface area contributed by atoms with Crippen LogP contribution in [0.5, 0.6) is 0 Å². The lowest BCUT2D eigenvalue weighted by Gasteiger charge is -2.27. The number of halogens is 3. The van der Waals surface area contributed by atoms with Gasteiger partial charge in [-0.15, -0.1) is 0 Å². The molecule has 0 unspecified atom stereocenters. The molecule has 7 heteroatoms. The van der Waals surface area contributed by atoms with Gasteiger partial charge in [0.25, 0.3) is 0 Å². The van der Waals surface area contributed by atoms with Crippen LogP contribution in [0.1, 0.15) is 12.0 Å². The molecule has 120 valence electrons. The summed E-state index contributed by atoms with van der Waals surface area (Å²) in [6.07, 6.45) is -3.82. The number of nitrogen functional groups attached to an aromatic ring is 1. The number of benzene rings is 1. The van der Waals surface area contributed by atoms with Crippen molar-refractivity contribution in [3.05, 3.63) is 23.8 Å². The molecule has 0 saturated heterocycles. The maximum atomic E-state index is 13.2. The SMILES string of the molecule is COCCCN(CCOC)c1ccc(N)cc1C(F)(F)F. The highest BCUT2D eigenvalue weighted by molar-refractivity contribution is 5.61. The lowest BCUT2D eigenvalue weighted by atomic mass is 10.1. The first-order chi connectivity index (χ1) is 9.90. The average molecular weight is 306 g/mol. The second-order valence-corrected chi connectivity index (χ2v) is 4.60. The number of anilines is 2. The lowest BCUT2D eigenvalue weighted by molar-refractivity contribution is -0.137. The second-order valence-electron chi connectivity index (χ2n) is 4.60. The van der Waals surface area contributed by atoms with Crippen molar-refractivity contribution in [2.24, 2.45) is 0 Å². The number of nitrogens with zero attached hydrogens (tertiary/aromatic N) is 1. The van der Waals surface area contributed by atoms with E-state index in [1.807, 2.05) is 0 Å². The zero-order valence-electron chi connectivity index (χ0n) is 12.2. The van der Waals surface area contributed by atoms with Gasteiger partial charge in [0, 0.05) is 45.3 Å². The summed E-state index contributed by atoms with van der Waals surface area (Å²) in [5.41, 5.74) is 4.96. The van der Waals surface area contributed by atoms with Crippen molar-refractivity contribution < 1.29 is 22.6 Å². The topological polar surface area (TPSA) is 47.7 Å². The largest absolute Gasteiger partial charge is 0.418 e. The summed E-state index contributed by atoms with van der Waals surface area (Å²) in [6.45, 7) is 1.64. The van der Waals surface area contributed by atoms with Crippen molar-refractivity contribution in [2.45, 2.75) is 12.6 Å². The van der Waals surface area contributed by atoms with Crippen LogP contribution in [-0.4, -0.2) is 40.5 Å². The third-order valence-corrected chi connectivity index (χ3v) is 3.01. The highest BCUT2D eigenvalue weighted by atomic mass is 19.4. The Kier molecular flexibility index (Phi) is 6.77. The molecule has 4 nitrogen and oxygen atoms in total. The van der Waals surface area contributed by atoms with Gasteiger partial charge < -0.3 is 20.1 Å². The van der Waals surface area contributed by atoms with Crippen molar-refractivity contribution >= 4 is 11.4 Å². The van der Waals surface area contributed by atoms with Crippen LogP contribution in [-0.2, 0) is 15.7 Å². The second kappa shape index (κ2) is 8.09. The Balaban J connectivity index is 3.04. The summed E-state index contributed by atoms with van der Waals surface area (Å²) in [4.78, 5) is 1.64. The number of rotatable bonds is 8. The number of alkyl halides is 3. The molecule has 0 heterocycles. The number of nitrogens with two attached hydrogens (primary N) is 1. The highest BCUT2D eigenvalue weighted by Crippen LogP contribution is 2.37. The van der Waals surface area contributed by atoms with E-state index >= 15 is 0 Å². The summed E-state index contributed by atoms with van der Waals surface area (Å²) < 4.78 is 49.4. The molecule has 1 rings (SSSR count). The monoisotopic (exact) mass is 306 g/mol. The van der Waals surface area contributed by atoms with E-state index in [-0.39, 0.29) is 11.4 Å². The van der Waals surface area contributed by atoms with Crippen LogP contribution in [0.25, 0.3) is 0 Å². The Morgan fingerprint density at radius 2 is 1.76 bits per heavy atom. The molecule has 0 spiro atoms. The first kappa shape index (κ1) is 17.6. The molecule has 0 radical (unpaired) electrons. The molecular weight excluding hydrogens is 285 g/mol. The van der Waals surface area contributed by atoms with Crippen LogP contribution in [0.2, 0.25) is 0 Å². The maximum absolute atomic E-state index is 13.2. The van der Waals surface area contributed by atoms with Crippen LogP contribution in [0.3, 0.4) is 0 Å². The Morgan fingerprint density at radius 1 is 1.10 bits per heavy atom. The minimum absolute atomic E-state index is 0.0923. The van der Waals surface area contributed by atoms with Gasteiger partial charge >= 0.3 is 6.18 Å². The molecule has 1 aromatic rings. The molecule has 0 atom stereocenters. The molecule has 0 bridgehead atoms. The van der Waals surface area contributed by atoms with Crippen LogP contribution in [0, 0.1) is 0 Å². The molecule has 0 amide bonds. The number of ether oxygens (including phenoxy) is 2. The number of hydrogen-bond acceptors (Lipinski definition) is 4. The molecule has 0 saturated carbocycles. The van der Waals surface area contributed by atoms with Gasteiger partial charge in [-0.1, -0.05) is 0 Å². The van der Waals surface area contributed by atoms with Gasteiger partial charge in [0.15, 0.2) is 0 Å². The lowest BCUT2D eigenvalue weighted by Crippen LogP contribution is -2.31. The fourth-order valence-electron chi connectivity index (χ4n) is 2.01. The quantitative estimate of drug-likeness (QED) is 0.592. The predicted molar refractivity (Wildman–Crippen MR) is 76.4 cm³/mol. The molecule has 0 aliphatic heterocycles. The van der Waals surface area contributed by atoms with E-state index in [9.17, 15) is 13.2 Å². The molecular formula is C14H21F3N2O2. The van der Waals surface area contributed by atoms with E-state index in [1.165, 1.54) is 19.2 Å². The van der Waals surface area contributed by atoms with Crippen LogP contribution < -0.4 is 10.6 Å². The predicted octanol–water partition coefficient (Wildman–Crippen LogP) is 2.78. The van der Waals surface area contributed by atoms with E-state index in [1.54, 1.807) is 12.0 Å². The van der Waals surface area contributed by atoms with Gasteiger partial charge in [-0.3, -0.25) is 0 Å². The molecule has 0 fully saturated rings. The smallest absolute Gasteiger partial charge is 0.399 e. The highest BCUT2D eigenvalue weighted by Gasteiger charge is 2.35. The maximum Gasteiger partial charge on any atom is 0.418 e. The molecule has 0 aliphatic rings. The molecule has 0 aromatic heterocycles. The minimum Gasteiger partial charge on any atom is -0.399 e. The van der Waals surface area contributed by atoms with Crippen LogP contribution in [0.4, 0.5) is 24.5 Å². The van der Waals surface area contributed by atoms with Crippen molar-refractivity contribution in [3.63, 3.8) is 0 Å². The first-order valence-corrected chi connectivity index (χ1v) is 6.59. The Hall–Kier alpha value is -1.47. The zero-order valence-corrected chi connectivity index (χ0v) is 12.2. The van der Waals surface area contributed by atoms with Gasteiger partial charge in [0.2, 0.25) is 0 Å². The fraction of sp³-hybridized carbons (Fsp3) is 0.571. The fourth-order valence-corrected chi connectivity index (χ4v) is 2.01. The Bertz CT molecular complexity index is 439. The van der Waals surface area contributed by atoms with E-state index in [2.05, 4.69) is 0 Å². The first-order valence-electron chi connectivity index (χ1n) is 6.59. The third-order valence-electron chi connectivity index (χ3n) is 3.01. The Labute approximate surface area is 122 Å². The van der Waals surface area contributed by atoms with Gasteiger partial charge in [-0.05, 0) is 24.6 Å². The minimum atomic E-state index is -4.45. The van der Waals surface area contributed by atoms with Gasteiger partial charge in [-0.25, -0.2) is 0 Å². The van der Waals surface area contributed by atoms with Crippen molar-refractivity contribution in [1.82, 2.24) is 0 Å². The number of methoxy groups -OCH3 is 2. The van der Waals surface area contributed by atoms with Crippen molar-refractivity contribution in [1.29, 1.82) is 0 Å². The Morgan fingerprint density at radius 3 is 2.33 bits per heavy atom. The van der Waals surface area contributed by atoms with Gasteiger partial charge in [-0.2, -0.15) is 13.2 Å². The van der Waals surface area contributed by atoms with Crippen LogP contribution in [0.15, 0.2) is 18.2 Å². The summed E-state index contributed by atoms with van der Waals surface area (Å²) in [6, 6.07) is 3.84. The van der Waals surface area contributed by atoms with E-state index in [4.69, 9.17) is 15.2 Å². The van der Waals surface area contributed by atoms with Crippen LogP contribution >= 0.6 is 0 Å². The zero-order chi connectivity index (χ0) is 15.9. The molecule has 2 N–H and O–H groups in total. The standard InChI is InChI=1S/C14H21F3N2O2/c1-20-8-3-6-19(7-9-21-2)13-5-4-11(18)10-12(13)14(15,16)17/h4-5,10H,3,6-9,18H2,1-2H3. The van der Waals surface area contributed by atoms with Gasteiger partial charge in [0.05, 0.1) is 12.2 Å². The molecule has 0 aliphatic carbocycles. The average Bonchev–Trinajstić information content (AvgIpc) is 2.42. The normalized spacial score (nSPS) is 11.7. The van der Waals surface area contributed by atoms with E-state index in [0.717, 1.165) is 6.07 Å². The van der Waals surface area contributed by atoms with Crippen molar-refractivity contribution in [3.8, 4) is 0 Å². The summed E-state index contributed by atoms with van der Waals surface area (Å²) >= 11 is 0. The molecule has 1 aromatic carbocycles. The van der Waals surface area contributed by atoms with E-state index < -0.39 is 11.7 Å². The summed E-state index contributed by atoms with van der Waals surface area (Å²) in [5.74, 6) is 0. The van der Waals surface area contributed by atoms with Crippen molar-refractivity contribution in [2.75, 3.05) is 51.2 Å². The van der Waals surface area contributed by atoms with Gasteiger partial charge in [0.1, 0.15) is 0 Å². The third kappa shape index (κ3) is 5.43. The molecule has 21 heavy (non-hydrogen) atoms. The number of hydrogen-bond donors (Lipinski definition) is 1. The van der Waals surface area contributed by atoms with E-state index in [0.29, 0.717) is 32.7 Å².